The molecule has 1 aromatic heterocycles. The number of rotatable bonds is 4. The lowest BCUT2D eigenvalue weighted by atomic mass is 9.95. The van der Waals surface area contributed by atoms with Crippen LogP contribution in [-0.2, 0) is 22.6 Å². The molecular weight excluding hydrogens is 276 g/mol. The number of nitrogens with zero attached hydrogens (tertiary/aromatic N) is 2. The summed E-state index contributed by atoms with van der Waals surface area (Å²) in [7, 11) is 0. The first-order chi connectivity index (χ1) is 10.6. The second-order valence-electron chi connectivity index (χ2n) is 5.71. The van der Waals surface area contributed by atoms with E-state index in [9.17, 15) is 9.59 Å². The number of imide groups is 1. The van der Waals surface area contributed by atoms with E-state index < -0.39 is 0 Å². The van der Waals surface area contributed by atoms with Crippen LogP contribution >= 0.6 is 0 Å². The smallest absolute Gasteiger partial charge is 0.233 e. The molecule has 4 heteroatoms. The normalized spacial score (nSPS) is 18.0. The minimum Gasteiger partial charge on any atom is -0.278 e. The van der Waals surface area contributed by atoms with Crippen molar-refractivity contribution in [1.82, 2.24) is 9.88 Å². The highest BCUT2D eigenvalue weighted by Crippen LogP contribution is 2.26. The molecule has 1 aliphatic rings. The second kappa shape index (κ2) is 6.10. The Labute approximate surface area is 129 Å². The van der Waals surface area contributed by atoms with Crippen LogP contribution < -0.4 is 0 Å². The predicted octanol–water partition coefficient (Wildman–Crippen LogP) is 2.51. The van der Waals surface area contributed by atoms with Crippen LogP contribution in [0.4, 0.5) is 0 Å². The second-order valence-corrected chi connectivity index (χ2v) is 5.71. The molecule has 1 saturated heterocycles. The SMILES string of the molecule is Cc1ccccc1CC1CC(=O)N(Cc2cccnc2)C1=O. The molecule has 112 valence electrons. The fourth-order valence-corrected chi connectivity index (χ4v) is 2.86. The molecular formula is C18H18N2O2. The van der Waals surface area contributed by atoms with Gasteiger partial charge in [-0.2, -0.15) is 0 Å². The van der Waals surface area contributed by atoms with E-state index in [2.05, 4.69) is 4.98 Å². The molecule has 4 nitrogen and oxygen atoms in total. The average Bonchev–Trinajstić information content (AvgIpc) is 2.78. The number of benzene rings is 1. The van der Waals surface area contributed by atoms with Crippen molar-refractivity contribution < 1.29 is 9.59 Å². The molecule has 2 aromatic rings. The summed E-state index contributed by atoms with van der Waals surface area (Å²) < 4.78 is 0. The lowest BCUT2D eigenvalue weighted by Crippen LogP contribution is -2.30. The van der Waals surface area contributed by atoms with Crippen LogP contribution in [-0.4, -0.2) is 21.7 Å². The first kappa shape index (κ1) is 14.4. The topological polar surface area (TPSA) is 50.3 Å². The van der Waals surface area contributed by atoms with Crippen LogP contribution in [0.3, 0.4) is 0 Å². The van der Waals surface area contributed by atoms with E-state index in [1.165, 1.54) is 4.90 Å². The van der Waals surface area contributed by atoms with Gasteiger partial charge in [0.25, 0.3) is 0 Å². The Balaban J connectivity index is 1.73. The van der Waals surface area contributed by atoms with Crippen LogP contribution in [0.1, 0.15) is 23.1 Å². The number of pyridine rings is 1. The maximum absolute atomic E-state index is 12.5. The quantitative estimate of drug-likeness (QED) is 0.814. The minimum absolute atomic E-state index is 0.0721. The lowest BCUT2D eigenvalue weighted by Gasteiger charge is -2.15. The summed E-state index contributed by atoms with van der Waals surface area (Å²) >= 11 is 0. The zero-order valence-corrected chi connectivity index (χ0v) is 12.5. The molecule has 1 unspecified atom stereocenters. The number of amides is 2. The molecule has 3 rings (SSSR count). The van der Waals surface area contributed by atoms with Crippen molar-refractivity contribution in [3.8, 4) is 0 Å². The van der Waals surface area contributed by atoms with Gasteiger partial charge in [0.15, 0.2) is 0 Å². The zero-order chi connectivity index (χ0) is 15.5. The summed E-state index contributed by atoms with van der Waals surface area (Å²) in [5.74, 6) is -0.408. The molecule has 0 N–H and O–H groups in total. The van der Waals surface area contributed by atoms with Gasteiger partial charge >= 0.3 is 0 Å². The summed E-state index contributed by atoms with van der Waals surface area (Å²) in [6.07, 6.45) is 4.29. The third kappa shape index (κ3) is 2.91. The highest BCUT2D eigenvalue weighted by molar-refractivity contribution is 6.03. The molecule has 1 atom stereocenters. The molecule has 1 fully saturated rings. The maximum Gasteiger partial charge on any atom is 0.233 e. The third-order valence-electron chi connectivity index (χ3n) is 4.13. The Morgan fingerprint density at radius 3 is 2.73 bits per heavy atom. The Kier molecular flexibility index (Phi) is 4.00. The van der Waals surface area contributed by atoms with E-state index in [0.29, 0.717) is 19.4 Å². The maximum atomic E-state index is 12.5. The zero-order valence-electron chi connectivity index (χ0n) is 12.5. The molecule has 0 saturated carbocycles. The number of carbonyl (C=O) groups excluding carboxylic acids is 2. The van der Waals surface area contributed by atoms with E-state index in [1.807, 2.05) is 43.3 Å². The molecule has 0 aliphatic carbocycles. The summed E-state index contributed by atoms with van der Waals surface area (Å²) in [5, 5.41) is 0. The van der Waals surface area contributed by atoms with Crippen molar-refractivity contribution in [3.05, 3.63) is 65.5 Å². The highest BCUT2D eigenvalue weighted by atomic mass is 16.2. The highest BCUT2D eigenvalue weighted by Gasteiger charge is 2.38. The molecule has 22 heavy (non-hydrogen) atoms. The van der Waals surface area contributed by atoms with Gasteiger partial charge < -0.3 is 0 Å². The monoisotopic (exact) mass is 294 g/mol. The van der Waals surface area contributed by atoms with Crippen molar-refractivity contribution in [2.45, 2.75) is 26.3 Å². The Morgan fingerprint density at radius 2 is 2.00 bits per heavy atom. The minimum atomic E-state index is -0.245. The molecule has 2 heterocycles. The Hall–Kier alpha value is -2.49. The molecule has 0 radical (unpaired) electrons. The van der Waals surface area contributed by atoms with Gasteiger partial charge in [-0.3, -0.25) is 19.5 Å². The summed E-state index contributed by atoms with van der Waals surface area (Å²) in [4.78, 5) is 30.1. The van der Waals surface area contributed by atoms with Gasteiger partial charge in [0.1, 0.15) is 0 Å². The van der Waals surface area contributed by atoms with Crippen molar-refractivity contribution in [2.24, 2.45) is 5.92 Å². The van der Waals surface area contributed by atoms with Crippen LogP contribution in [0.5, 0.6) is 0 Å². The molecule has 1 aromatic carbocycles. The summed E-state index contributed by atoms with van der Waals surface area (Å²) in [6, 6.07) is 11.7. The van der Waals surface area contributed by atoms with Gasteiger partial charge in [-0.05, 0) is 36.1 Å². The van der Waals surface area contributed by atoms with Crippen LogP contribution in [0.15, 0.2) is 48.8 Å². The third-order valence-corrected chi connectivity index (χ3v) is 4.13. The first-order valence-corrected chi connectivity index (χ1v) is 7.43. The van der Waals surface area contributed by atoms with E-state index in [0.717, 1.165) is 16.7 Å². The number of aryl methyl sites for hydroxylation is 1. The fraction of sp³-hybridized carbons (Fsp3) is 0.278. The van der Waals surface area contributed by atoms with Crippen molar-refractivity contribution >= 4 is 11.8 Å². The van der Waals surface area contributed by atoms with Gasteiger partial charge in [-0.1, -0.05) is 30.3 Å². The van der Waals surface area contributed by atoms with Gasteiger partial charge in [-0.15, -0.1) is 0 Å². The Bertz CT molecular complexity index is 697. The molecule has 0 bridgehead atoms. The van der Waals surface area contributed by atoms with Crippen LogP contribution in [0, 0.1) is 12.8 Å². The van der Waals surface area contributed by atoms with E-state index in [4.69, 9.17) is 0 Å². The van der Waals surface area contributed by atoms with Crippen LogP contribution in [0.2, 0.25) is 0 Å². The van der Waals surface area contributed by atoms with Gasteiger partial charge in [-0.25, -0.2) is 0 Å². The van der Waals surface area contributed by atoms with E-state index in [-0.39, 0.29) is 17.7 Å². The predicted molar refractivity (Wildman–Crippen MR) is 82.8 cm³/mol. The van der Waals surface area contributed by atoms with Gasteiger partial charge in [0, 0.05) is 18.8 Å². The largest absolute Gasteiger partial charge is 0.278 e. The number of hydrogen-bond acceptors (Lipinski definition) is 3. The summed E-state index contributed by atoms with van der Waals surface area (Å²) in [5.41, 5.74) is 3.17. The van der Waals surface area contributed by atoms with Gasteiger partial charge in [0.2, 0.25) is 11.8 Å². The van der Waals surface area contributed by atoms with E-state index >= 15 is 0 Å². The van der Waals surface area contributed by atoms with Crippen LogP contribution in [0.25, 0.3) is 0 Å². The number of carbonyl (C=O) groups is 2. The van der Waals surface area contributed by atoms with Crippen molar-refractivity contribution in [3.63, 3.8) is 0 Å². The van der Waals surface area contributed by atoms with E-state index in [1.54, 1.807) is 12.4 Å². The fourth-order valence-electron chi connectivity index (χ4n) is 2.86. The molecule has 2 amide bonds. The lowest BCUT2D eigenvalue weighted by molar-refractivity contribution is -0.140. The number of likely N-dealkylation sites (tertiary alicyclic amines) is 1. The number of aromatic nitrogens is 1. The standard InChI is InChI=1S/C18H18N2O2/c1-13-5-2-3-7-15(13)9-16-10-17(21)20(18(16)22)12-14-6-4-8-19-11-14/h2-8,11,16H,9-10,12H2,1H3. The molecule has 1 aliphatic heterocycles. The molecule has 0 spiro atoms. The Morgan fingerprint density at radius 1 is 1.18 bits per heavy atom. The number of hydrogen-bond donors (Lipinski definition) is 0. The first-order valence-electron chi connectivity index (χ1n) is 7.43. The van der Waals surface area contributed by atoms with Gasteiger partial charge in [0.05, 0.1) is 12.5 Å². The average molecular weight is 294 g/mol. The van der Waals surface area contributed by atoms with Crippen molar-refractivity contribution in [2.75, 3.05) is 0 Å². The van der Waals surface area contributed by atoms with Crippen molar-refractivity contribution in [1.29, 1.82) is 0 Å². The summed E-state index contributed by atoms with van der Waals surface area (Å²) in [6.45, 7) is 2.35.